The van der Waals surface area contributed by atoms with Crippen LogP contribution in [0.5, 0.6) is 11.5 Å². The van der Waals surface area contributed by atoms with E-state index in [1.807, 2.05) is 51.1 Å². The van der Waals surface area contributed by atoms with Crippen molar-refractivity contribution >= 4 is 0 Å². The van der Waals surface area contributed by atoms with Crippen molar-refractivity contribution in [3.8, 4) is 11.5 Å². The van der Waals surface area contributed by atoms with Gasteiger partial charge in [-0.2, -0.15) is 0 Å². The van der Waals surface area contributed by atoms with Gasteiger partial charge < -0.3 is 19.7 Å². The molecule has 37 heavy (non-hydrogen) atoms. The summed E-state index contributed by atoms with van der Waals surface area (Å²) < 4.78 is 12.1. The van der Waals surface area contributed by atoms with Gasteiger partial charge in [-0.3, -0.25) is 0 Å². The van der Waals surface area contributed by atoms with Crippen molar-refractivity contribution in [3.05, 3.63) is 94.0 Å². The van der Waals surface area contributed by atoms with Gasteiger partial charge in [-0.15, -0.1) is 0 Å². The normalized spacial score (nSPS) is 12.9. The van der Waals surface area contributed by atoms with Crippen molar-refractivity contribution in [2.24, 2.45) is 5.41 Å². The molecule has 0 radical (unpaired) electrons. The highest BCUT2D eigenvalue weighted by molar-refractivity contribution is 5.48. The second-order valence-corrected chi connectivity index (χ2v) is 11.2. The molecule has 2 N–H and O–H groups in total. The third kappa shape index (κ3) is 6.74. The Morgan fingerprint density at radius 3 is 1.65 bits per heavy atom. The van der Waals surface area contributed by atoms with Crippen LogP contribution in [0.3, 0.4) is 0 Å². The van der Waals surface area contributed by atoms with Crippen LogP contribution in [0.1, 0.15) is 80.8 Å². The zero-order valence-corrected chi connectivity index (χ0v) is 23.6. The third-order valence-electron chi connectivity index (χ3n) is 7.66. The molecule has 1 atom stereocenters. The highest BCUT2D eigenvalue weighted by atomic mass is 16.5. The minimum absolute atomic E-state index is 0.0495. The van der Waals surface area contributed by atoms with Crippen LogP contribution >= 0.6 is 0 Å². The topological polar surface area (TPSA) is 58.9 Å². The van der Waals surface area contributed by atoms with E-state index in [2.05, 4.69) is 58.0 Å². The Labute approximate surface area is 223 Å². The molecule has 0 spiro atoms. The molecule has 0 amide bonds. The molecule has 0 heterocycles. The van der Waals surface area contributed by atoms with Gasteiger partial charge >= 0.3 is 0 Å². The number of rotatable bonds is 11. The fourth-order valence-corrected chi connectivity index (χ4v) is 4.77. The Morgan fingerprint density at radius 1 is 0.730 bits per heavy atom. The molecule has 4 heteroatoms. The van der Waals surface area contributed by atoms with E-state index < -0.39 is 6.10 Å². The van der Waals surface area contributed by atoms with Crippen LogP contribution in [-0.4, -0.2) is 22.9 Å². The molecule has 1 unspecified atom stereocenters. The van der Waals surface area contributed by atoms with Gasteiger partial charge in [-0.1, -0.05) is 83.1 Å². The van der Waals surface area contributed by atoms with Crippen LogP contribution in [0.15, 0.2) is 60.7 Å². The van der Waals surface area contributed by atoms with Gasteiger partial charge in [0.05, 0.1) is 12.7 Å². The van der Waals surface area contributed by atoms with Crippen LogP contribution in [0, 0.1) is 19.3 Å². The van der Waals surface area contributed by atoms with E-state index in [1.54, 1.807) is 0 Å². The van der Waals surface area contributed by atoms with E-state index in [4.69, 9.17) is 9.47 Å². The predicted octanol–water partition coefficient (Wildman–Crippen LogP) is 7.27. The lowest BCUT2D eigenvalue weighted by Gasteiger charge is -2.34. The molecule has 0 aliphatic carbocycles. The van der Waals surface area contributed by atoms with Crippen molar-refractivity contribution in [2.45, 2.75) is 86.0 Å². The van der Waals surface area contributed by atoms with Gasteiger partial charge in [0.25, 0.3) is 0 Å². The van der Waals surface area contributed by atoms with Gasteiger partial charge in [0.1, 0.15) is 24.7 Å². The Kier molecular flexibility index (Phi) is 9.44. The molecule has 3 rings (SSSR count). The van der Waals surface area contributed by atoms with Crippen molar-refractivity contribution in [3.63, 3.8) is 0 Å². The lowest BCUT2D eigenvalue weighted by atomic mass is 9.70. The number of aliphatic hydroxyl groups is 2. The minimum Gasteiger partial charge on any atom is -0.491 e. The summed E-state index contributed by atoms with van der Waals surface area (Å²) in [5.74, 6) is 1.70. The van der Waals surface area contributed by atoms with Crippen molar-refractivity contribution in [1.82, 2.24) is 0 Å². The molecule has 0 bridgehead atoms. The van der Waals surface area contributed by atoms with Gasteiger partial charge in [-0.25, -0.2) is 0 Å². The molecule has 200 valence electrons. The summed E-state index contributed by atoms with van der Waals surface area (Å²) in [5.41, 5.74) is 6.39. The molecule has 0 aromatic heterocycles. The fraction of sp³-hybridized carbons (Fsp3) is 0.455. The summed E-state index contributed by atoms with van der Waals surface area (Å²) in [4.78, 5) is 0. The first-order valence-electron chi connectivity index (χ1n) is 13.4. The van der Waals surface area contributed by atoms with Crippen LogP contribution in [-0.2, 0) is 18.6 Å². The maximum Gasteiger partial charge on any atom is 0.122 e. The summed E-state index contributed by atoms with van der Waals surface area (Å²) in [6.45, 7) is 15.5. The molecule has 3 aromatic carbocycles. The van der Waals surface area contributed by atoms with Crippen molar-refractivity contribution < 1.29 is 19.7 Å². The van der Waals surface area contributed by atoms with Crippen LogP contribution < -0.4 is 9.47 Å². The van der Waals surface area contributed by atoms with Gasteiger partial charge in [0.15, 0.2) is 0 Å². The molecule has 4 nitrogen and oxygen atoms in total. The van der Waals surface area contributed by atoms with Crippen LogP contribution in [0.2, 0.25) is 0 Å². The standard InChI is InChI=1S/C33H44O4/c1-8-33(9-2,28-15-17-30(24(4)19-28)37-22-31(35)32(5,6)7)27-14-16-29(23(3)18-27)36-21-26-12-10-25(20-34)11-13-26/h10-19,31,34-35H,8-9,20-22H2,1-7H3. The maximum absolute atomic E-state index is 10.4. The zero-order valence-electron chi connectivity index (χ0n) is 23.6. The first-order valence-corrected chi connectivity index (χ1v) is 13.4. The smallest absolute Gasteiger partial charge is 0.122 e. The Morgan fingerprint density at radius 2 is 1.22 bits per heavy atom. The number of hydrogen-bond acceptors (Lipinski definition) is 4. The Bertz CT molecular complexity index is 1150. The molecule has 0 saturated carbocycles. The molecule has 0 saturated heterocycles. The summed E-state index contributed by atoms with van der Waals surface area (Å²) in [7, 11) is 0. The molecule has 0 aliphatic heterocycles. The molecule has 3 aromatic rings. The molecular weight excluding hydrogens is 460 g/mol. The average molecular weight is 505 g/mol. The number of aliphatic hydroxyl groups excluding tert-OH is 2. The van der Waals surface area contributed by atoms with E-state index in [0.29, 0.717) is 6.61 Å². The van der Waals surface area contributed by atoms with Gasteiger partial charge in [0.2, 0.25) is 0 Å². The molecular formula is C33H44O4. The summed E-state index contributed by atoms with van der Waals surface area (Å²) >= 11 is 0. The number of ether oxygens (including phenoxy) is 2. The summed E-state index contributed by atoms with van der Waals surface area (Å²) in [5, 5.41) is 19.6. The lowest BCUT2D eigenvalue weighted by Crippen LogP contribution is -2.32. The molecule has 0 aliphatic rings. The van der Waals surface area contributed by atoms with E-state index in [9.17, 15) is 10.2 Å². The highest BCUT2D eigenvalue weighted by Crippen LogP contribution is 2.41. The predicted molar refractivity (Wildman–Crippen MR) is 151 cm³/mol. The second-order valence-electron chi connectivity index (χ2n) is 11.2. The SMILES string of the molecule is CCC(CC)(c1ccc(OCc2ccc(CO)cc2)c(C)c1)c1ccc(OCC(O)C(C)(C)C)c(C)c1. The maximum atomic E-state index is 10.4. The monoisotopic (exact) mass is 504 g/mol. The fourth-order valence-electron chi connectivity index (χ4n) is 4.77. The van der Waals surface area contributed by atoms with Crippen molar-refractivity contribution in [1.29, 1.82) is 0 Å². The van der Waals surface area contributed by atoms with E-state index in [0.717, 1.165) is 46.6 Å². The summed E-state index contributed by atoms with van der Waals surface area (Å²) in [6, 6.07) is 20.9. The minimum atomic E-state index is -0.527. The van der Waals surface area contributed by atoms with Gasteiger partial charge in [-0.05, 0) is 77.6 Å². The lowest BCUT2D eigenvalue weighted by molar-refractivity contribution is 0.0216. The second kappa shape index (κ2) is 12.1. The van der Waals surface area contributed by atoms with E-state index in [-0.39, 0.29) is 24.0 Å². The zero-order chi connectivity index (χ0) is 27.2. The van der Waals surface area contributed by atoms with Crippen LogP contribution in [0.4, 0.5) is 0 Å². The Hall–Kier alpha value is -2.82. The largest absolute Gasteiger partial charge is 0.491 e. The van der Waals surface area contributed by atoms with Crippen molar-refractivity contribution in [2.75, 3.05) is 6.61 Å². The van der Waals surface area contributed by atoms with E-state index in [1.165, 1.54) is 11.1 Å². The van der Waals surface area contributed by atoms with E-state index >= 15 is 0 Å². The quantitative estimate of drug-likeness (QED) is 0.288. The number of aryl methyl sites for hydroxylation is 2. The third-order valence-corrected chi connectivity index (χ3v) is 7.66. The van der Waals surface area contributed by atoms with Gasteiger partial charge in [0, 0.05) is 5.41 Å². The number of benzene rings is 3. The highest BCUT2D eigenvalue weighted by Gasteiger charge is 2.32. The van der Waals surface area contributed by atoms with Crippen LogP contribution in [0.25, 0.3) is 0 Å². The summed E-state index contributed by atoms with van der Waals surface area (Å²) in [6.07, 6.45) is 1.42. The first-order chi connectivity index (χ1) is 17.5. The average Bonchev–Trinajstić information content (AvgIpc) is 2.88. The number of hydrogen-bond donors (Lipinski definition) is 2. The Balaban J connectivity index is 1.80. The first kappa shape index (κ1) is 28.7. The molecule has 0 fully saturated rings.